The third kappa shape index (κ3) is 4.79. The van der Waals surface area contributed by atoms with Gasteiger partial charge < -0.3 is 23.9 Å². The van der Waals surface area contributed by atoms with Crippen LogP contribution in [0, 0.1) is 0 Å². The van der Waals surface area contributed by atoms with E-state index in [0.29, 0.717) is 29.2 Å². The van der Waals surface area contributed by atoms with Crippen molar-refractivity contribution in [1.82, 2.24) is 4.90 Å². The van der Waals surface area contributed by atoms with E-state index < -0.39 is 12.1 Å². The highest BCUT2D eigenvalue weighted by molar-refractivity contribution is 5.94. The van der Waals surface area contributed by atoms with Crippen LogP contribution in [-0.4, -0.2) is 55.4 Å². The number of esters is 1. The van der Waals surface area contributed by atoms with Gasteiger partial charge in [-0.2, -0.15) is 0 Å². The largest absolute Gasteiger partial charge is 0.490 e. The van der Waals surface area contributed by atoms with Crippen molar-refractivity contribution in [3.8, 4) is 5.75 Å². The number of fused-ring (bicyclic) bond motifs is 2. The average Bonchev–Trinajstić information content (AvgIpc) is 3.32. The number of β-amino-alcohol motifs (C(OH)–C–C–N with tert-alkyl or cyclic N) is 1. The zero-order valence-corrected chi connectivity index (χ0v) is 19.3. The van der Waals surface area contributed by atoms with Crippen LogP contribution < -0.4 is 4.74 Å². The van der Waals surface area contributed by atoms with Crippen LogP contribution in [0.3, 0.4) is 0 Å². The van der Waals surface area contributed by atoms with E-state index in [4.69, 9.17) is 13.9 Å². The van der Waals surface area contributed by atoms with Crippen LogP contribution in [-0.2, 0) is 4.74 Å². The molecule has 6 nitrogen and oxygen atoms in total. The standard InChI is InChI=1S/C28H29NO5/c1-32-28(31)27-16-24-25(7-4-8-26(24)34-27)33-18-23(30)17-29-13-11-20(12-14-29)22-10-9-19-5-2-3-6-21(19)15-22/h2-10,15-16,20,23,30H,11-14,17-18H2,1H3. The van der Waals surface area contributed by atoms with Crippen molar-refractivity contribution in [3.05, 3.63) is 78.1 Å². The summed E-state index contributed by atoms with van der Waals surface area (Å²) < 4.78 is 16.2. The van der Waals surface area contributed by atoms with E-state index in [9.17, 15) is 9.90 Å². The lowest BCUT2D eigenvalue weighted by Gasteiger charge is -2.33. The fraction of sp³-hybridized carbons (Fsp3) is 0.321. The van der Waals surface area contributed by atoms with Crippen molar-refractivity contribution in [2.45, 2.75) is 24.9 Å². The van der Waals surface area contributed by atoms with Gasteiger partial charge in [0, 0.05) is 12.6 Å². The minimum atomic E-state index is -0.612. The molecule has 3 aromatic carbocycles. The number of carbonyl (C=O) groups is 1. The third-order valence-electron chi connectivity index (χ3n) is 6.64. The highest BCUT2D eigenvalue weighted by Crippen LogP contribution is 2.31. The van der Waals surface area contributed by atoms with Crippen molar-refractivity contribution in [2.24, 2.45) is 0 Å². The molecule has 0 aliphatic carbocycles. The first-order valence-corrected chi connectivity index (χ1v) is 11.7. The number of benzene rings is 3. The normalized spacial score (nSPS) is 16.1. The molecule has 0 saturated carbocycles. The molecule has 1 fully saturated rings. The van der Waals surface area contributed by atoms with Gasteiger partial charge in [-0.3, -0.25) is 0 Å². The average molecular weight is 460 g/mol. The molecule has 2 heterocycles. The first kappa shape index (κ1) is 22.4. The summed E-state index contributed by atoms with van der Waals surface area (Å²) in [6.45, 7) is 2.64. The van der Waals surface area contributed by atoms with Crippen LogP contribution in [0.4, 0.5) is 0 Å². The van der Waals surface area contributed by atoms with Gasteiger partial charge in [0.25, 0.3) is 0 Å². The molecule has 1 N–H and O–H groups in total. The summed E-state index contributed by atoms with van der Waals surface area (Å²) in [5.74, 6) is 0.722. The Bertz CT molecular complexity index is 1290. The van der Waals surface area contributed by atoms with Gasteiger partial charge >= 0.3 is 5.97 Å². The molecule has 1 atom stereocenters. The Morgan fingerprint density at radius 3 is 2.65 bits per heavy atom. The first-order chi connectivity index (χ1) is 16.6. The monoisotopic (exact) mass is 459 g/mol. The van der Waals surface area contributed by atoms with E-state index in [0.717, 1.165) is 25.9 Å². The first-order valence-electron chi connectivity index (χ1n) is 11.7. The Labute approximate surface area is 198 Å². The number of carbonyl (C=O) groups excluding carboxylic acids is 1. The van der Waals surface area contributed by atoms with E-state index in [2.05, 4.69) is 47.4 Å². The number of piperidine rings is 1. The molecule has 0 amide bonds. The molecule has 1 aromatic heterocycles. The van der Waals surface area contributed by atoms with Gasteiger partial charge in [-0.1, -0.05) is 48.5 Å². The zero-order valence-electron chi connectivity index (χ0n) is 19.3. The summed E-state index contributed by atoms with van der Waals surface area (Å²) in [4.78, 5) is 14.1. The van der Waals surface area contributed by atoms with Gasteiger partial charge in [0.2, 0.25) is 5.76 Å². The fourth-order valence-electron chi connectivity index (χ4n) is 4.81. The lowest BCUT2D eigenvalue weighted by atomic mass is 9.88. The highest BCUT2D eigenvalue weighted by Gasteiger charge is 2.23. The number of ether oxygens (including phenoxy) is 2. The Hall–Kier alpha value is -3.35. The third-order valence-corrected chi connectivity index (χ3v) is 6.64. The van der Waals surface area contributed by atoms with E-state index in [1.54, 1.807) is 24.3 Å². The number of rotatable bonds is 7. The van der Waals surface area contributed by atoms with Gasteiger partial charge in [0.1, 0.15) is 24.0 Å². The Morgan fingerprint density at radius 2 is 1.85 bits per heavy atom. The number of aliphatic hydroxyl groups is 1. The van der Waals surface area contributed by atoms with Gasteiger partial charge in [-0.25, -0.2) is 4.79 Å². The predicted octanol–water partition coefficient (Wildman–Crippen LogP) is 4.99. The Balaban J connectivity index is 1.14. The van der Waals surface area contributed by atoms with E-state index in [1.165, 1.54) is 23.4 Å². The van der Waals surface area contributed by atoms with Gasteiger partial charge in [0.15, 0.2) is 0 Å². The maximum atomic E-state index is 11.8. The summed E-state index contributed by atoms with van der Waals surface area (Å²) in [5, 5.41) is 13.9. The van der Waals surface area contributed by atoms with E-state index in [-0.39, 0.29) is 12.4 Å². The number of hydrogen-bond acceptors (Lipinski definition) is 6. The topological polar surface area (TPSA) is 72.1 Å². The minimum Gasteiger partial charge on any atom is -0.490 e. The zero-order chi connectivity index (χ0) is 23.5. The second-order valence-electron chi connectivity index (χ2n) is 8.92. The summed E-state index contributed by atoms with van der Waals surface area (Å²) in [6, 6.07) is 22.3. The summed E-state index contributed by atoms with van der Waals surface area (Å²) in [6.07, 6.45) is 1.55. The minimum absolute atomic E-state index is 0.128. The Kier molecular flexibility index (Phi) is 6.52. The predicted molar refractivity (Wildman–Crippen MR) is 131 cm³/mol. The lowest BCUT2D eigenvalue weighted by molar-refractivity contribution is 0.0567. The van der Waals surface area contributed by atoms with E-state index in [1.807, 2.05) is 0 Å². The molecule has 1 aliphatic rings. The smallest absolute Gasteiger partial charge is 0.373 e. The van der Waals surface area contributed by atoms with Crippen molar-refractivity contribution >= 4 is 27.7 Å². The molecule has 0 spiro atoms. The van der Waals surface area contributed by atoms with Crippen LogP contribution in [0.15, 0.2) is 71.1 Å². The molecule has 1 aliphatic heterocycles. The number of hydrogen-bond donors (Lipinski definition) is 1. The molecular weight excluding hydrogens is 430 g/mol. The maximum Gasteiger partial charge on any atom is 0.373 e. The number of aliphatic hydroxyl groups excluding tert-OH is 1. The highest BCUT2D eigenvalue weighted by atomic mass is 16.5. The second-order valence-corrected chi connectivity index (χ2v) is 8.92. The molecule has 5 rings (SSSR count). The van der Waals surface area contributed by atoms with Crippen LogP contribution in [0.25, 0.3) is 21.7 Å². The molecule has 0 bridgehead atoms. The van der Waals surface area contributed by atoms with E-state index >= 15 is 0 Å². The number of likely N-dealkylation sites (tertiary alicyclic amines) is 1. The Morgan fingerprint density at radius 1 is 1.06 bits per heavy atom. The fourth-order valence-corrected chi connectivity index (χ4v) is 4.81. The van der Waals surface area contributed by atoms with Crippen LogP contribution in [0.2, 0.25) is 0 Å². The van der Waals surface area contributed by atoms with Gasteiger partial charge in [-0.15, -0.1) is 0 Å². The van der Waals surface area contributed by atoms with Crippen molar-refractivity contribution in [2.75, 3.05) is 33.4 Å². The summed E-state index contributed by atoms with van der Waals surface area (Å²) >= 11 is 0. The van der Waals surface area contributed by atoms with Crippen molar-refractivity contribution in [1.29, 1.82) is 0 Å². The summed E-state index contributed by atoms with van der Waals surface area (Å²) in [7, 11) is 1.31. The van der Waals surface area contributed by atoms with Crippen molar-refractivity contribution < 1.29 is 23.8 Å². The molecule has 6 heteroatoms. The molecule has 1 saturated heterocycles. The lowest BCUT2D eigenvalue weighted by Crippen LogP contribution is -2.40. The van der Waals surface area contributed by atoms with Gasteiger partial charge in [-0.05, 0) is 60.3 Å². The van der Waals surface area contributed by atoms with Crippen LogP contribution >= 0.6 is 0 Å². The molecular formula is C28H29NO5. The van der Waals surface area contributed by atoms with Crippen LogP contribution in [0.1, 0.15) is 34.9 Å². The molecule has 176 valence electrons. The quantitative estimate of drug-likeness (QED) is 0.393. The number of furan rings is 1. The second kappa shape index (κ2) is 9.87. The summed E-state index contributed by atoms with van der Waals surface area (Å²) in [5.41, 5.74) is 1.95. The molecule has 34 heavy (non-hydrogen) atoms. The van der Waals surface area contributed by atoms with Crippen LogP contribution in [0.5, 0.6) is 5.75 Å². The molecule has 1 unspecified atom stereocenters. The van der Waals surface area contributed by atoms with Crippen molar-refractivity contribution in [3.63, 3.8) is 0 Å². The van der Waals surface area contributed by atoms with Gasteiger partial charge in [0.05, 0.1) is 12.5 Å². The SMILES string of the molecule is COC(=O)c1cc2c(OCC(O)CN3CCC(c4ccc5ccccc5c4)CC3)cccc2o1. The molecule has 4 aromatic rings. The molecule has 0 radical (unpaired) electrons. The number of methoxy groups -OCH3 is 1. The maximum absolute atomic E-state index is 11.8. The number of nitrogens with zero attached hydrogens (tertiary/aromatic N) is 1.